The Morgan fingerprint density at radius 3 is 2.89 bits per heavy atom. The van der Waals surface area contributed by atoms with E-state index < -0.39 is 0 Å². The van der Waals surface area contributed by atoms with Crippen LogP contribution in [0.25, 0.3) is 0 Å². The first kappa shape index (κ1) is 14.5. The minimum Gasteiger partial charge on any atom is -0.388 e. The largest absolute Gasteiger partial charge is 0.388 e. The molecule has 1 fully saturated rings. The summed E-state index contributed by atoms with van der Waals surface area (Å²) >= 11 is 0. The summed E-state index contributed by atoms with van der Waals surface area (Å²) in [6, 6.07) is 10.5. The predicted molar refractivity (Wildman–Crippen MR) is 77.1 cm³/mol. The van der Waals surface area contributed by atoms with E-state index in [2.05, 4.69) is 4.90 Å². The molecule has 0 spiro atoms. The number of rotatable bonds is 7. The molecule has 3 nitrogen and oxygen atoms in total. The Hall–Kier alpha value is -0.900. The zero-order valence-corrected chi connectivity index (χ0v) is 11.8. The zero-order chi connectivity index (χ0) is 13.5. The Balaban J connectivity index is 1.83. The highest BCUT2D eigenvalue weighted by atomic mass is 16.5. The molecule has 3 heteroatoms. The SMILES string of the molecule is COCCCN1CCCC1CC(O)c1ccccc1. The Bertz CT molecular complexity index is 355. The van der Waals surface area contributed by atoms with E-state index in [1.165, 1.54) is 12.8 Å². The molecule has 1 aromatic rings. The number of likely N-dealkylation sites (tertiary alicyclic amines) is 1. The number of hydrogen-bond donors (Lipinski definition) is 1. The van der Waals surface area contributed by atoms with Gasteiger partial charge in [0, 0.05) is 26.3 Å². The van der Waals surface area contributed by atoms with Crippen molar-refractivity contribution in [1.82, 2.24) is 4.90 Å². The van der Waals surface area contributed by atoms with E-state index in [9.17, 15) is 5.11 Å². The van der Waals surface area contributed by atoms with Crippen LogP contribution in [0.15, 0.2) is 30.3 Å². The van der Waals surface area contributed by atoms with Gasteiger partial charge in [-0.15, -0.1) is 0 Å². The highest BCUT2D eigenvalue weighted by Gasteiger charge is 2.26. The van der Waals surface area contributed by atoms with E-state index in [1.807, 2.05) is 30.3 Å². The van der Waals surface area contributed by atoms with Gasteiger partial charge < -0.3 is 14.7 Å². The summed E-state index contributed by atoms with van der Waals surface area (Å²) in [6.07, 6.45) is 4.04. The van der Waals surface area contributed by atoms with Crippen molar-refractivity contribution in [2.45, 2.75) is 37.8 Å². The van der Waals surface area contributed by atoms with Crippen molar-refractivity contribution in [3.05, 3.63) is 35.9 Å². The number of ether oxygens (including phenoxy) is 1. The molecular formula is C16H25NO2. The Morgan fingerprint density at radius 2 is 2.16 bits per heavy atom. The van der Waals surface area contributed by atoms with Crippen molar-refractivity contribution in [2.75, 3.05) is 26.8 Å². The lowest BCUT2D eigenvalue weighted by atomic mass is 10.0. The van der Waals surface area contributed by atoms with Crippen LogP contribution in [0.4, 0.5) is 0 Å². The number of aliphatic hydroxyl groups is 1. The summed E-state index contributed by atoms with van der Waals surface area (Å²) in [5, 5.41) is 10.3. The van der Waals surface area contributed by atoms with Gasteiger partial charge in [0.2, 0.25) is 0 Å². The van der Waals surface area contributed by atoms with Crippen molar-refractivity contribution < 1.29 is 9.84 Å². The van der Waals surface area contributed by atoms with Crippen LogP contribution in [0, 0.1) is 0 Å². The lowest BCUT2D eigenvalue weighted by Gasteiger charge is -2.26. The highest BCUT2D eigenvalue weighted by molar-refractivity contribution is 5.17. The Kier molecular flexibility index (Phi) is 5.83. The molecule has 0 amide bonds. The number of benzene rings is 1. The molecule has 1 aliphatic heterocycles. The van der Waals surface area contributed by atoms with E-state index >= 15 is 0 Å². The standard InChI is InChI=1S/C16H25NO2/c1-19-12-6-11-17-10-5-9-15(17)13-16(18)14-7-3-2-4-8-14/h2-4,7-8,15-16,18H,5-6,9-13H2,1H3. The summed E-state index contributed by atoms with van der Waals surface area (Å²) in [4.78, 5) is 2.51. The summed E-state index contributed by atoms with van der Waals surface area (Å²) in [5.41, 5.74) is 1.03. The van der Waals surface area contributed by atoms with Gasteiger partial charge in [0.05, 0.1) is 6.10 Å². The van der Waals surface area contributed by atoms with Gasteiger partial charge in [-0.3, -0.25) is 0 Å². The monoisotopic (exact) mass is 263 g/mol. The van der Waals surface area contributed by atoms with Gasteiger partial charge in [-0.25, -0.2) is 0 Å². The molecule has 2 unspecified atom stereocenters. The van der Waals surface area contributed by atoms with E-state index in [0.717, 1.165) is 38.1 Å². The maximum atomic E-state index is 10.3. The van der Waals surface area contributed by atoms with E-state index in [-0.39, 0.29) is 6.10 Å². The average Bonchev–Trinajstić information content (AvgIpc) is 2.87. The predicted octanol–water partition coefficient (Wildman–Crippen LogP) is 2.61. The molecule has 106 valence electrons. The van der Waals surface area contributed by atoms with Crippen molar-refractivity contribution in [3.8, 4) is 0 Å². The second kappa shape index (κ2) is 7.63. The molecular weight excluding hydrogens is 238 g/mol. The third-order valence-electron chi connectivity index (χ3n) is 3.97. The molecule has 1 N–H and O–H groups in total. The van der Waals surface area contributed by atoms with Crippen LogP contribution in [-0.4, -0.2) is 42.9 Å². The summed E-state index contributed by atoms with van der Waals surface area (Å²) in [6.45, 7) is 3.07. The minimum atomic E-state index is -0.339. The van der Waals surface area contributed by atoms with Crippen LogP contribution in [-0.2, 0) is 4.74 Å². The van der Waals surface area contributed by atoms with E-state index in [4.69, 9.17) is 4.74 Å². The zero-order valence-electron chi connectivity index (χ0n) is 11.8. The number of aliphatic hydroxyl groups excluding tert-OH is 1. The average molecular weight is 263 g/mol. The van der Waals surface area contributed by atoms with Crippen molar-refractivity contribution in [2.24, 2.45) is 0 Å². The van der Waals surface area contributed by atoms with E-state index in [0.29, 0.717) is 6.04 Å². The fourth-order valence-corrected chi connectivity index (χ4v) is 2.94. The first-order chi connectivity index (χ1) is 9.31. The van der Waals surface area contributed by atoms with Crippen LogP contribution in [0.2, 0.25) is 0 Å². The van der Waals surface area contributed by atoms with Crippen molar-refractivity contribution in [1.29, 1.82) is 0 Å². The van der Waals surface area contributed by atoms with Crippen LogP contribution < -0.4 is 0 Å². The lowest BCUT2D eigenvalue weighted by molar-refractivity contribution is 0.113. The van der Waals surface area contributed by atoms with Crippen LogP contribution >= 0.6 is 0 Å². The molecule has 2 atom stereocenters. The molecule has 0 bridgehead atoms. The van der Waals surface area contributed by atoms with Gasteiger partial charge in [0.15, 0.2) is 0 Å². The van der Waals surface area contributed by atoms with Crippen LogP contribution in [0.5, 0.6) is 0 Å². The minimum absolute atomic E-state index is 0.339. The first-order valence-electron chi connectivity index (χ1n) is 7.27. The Labute approximate surface area is 116 Å². The molecule has 0 aromatic heterocycles. The van der Waals surface area contributed by atoms with Gasteiger partial charge in [-0.05, 0) is 37.8 Å². The maximum absolute atomic E-state index is 10.3. The topological polar surface area (TPSA) is 32.7 Å². The molecule has 1 aromatic carbocycles. The Morgan fingerprint density at radius 1 is 1.37 bits per heavy atom. The van der Waals surface area contributed by atoms with E-state index in [1.54, 1.807) is 7.11 Å². The number of hydrogen-bond acceptors (Lipinski definition) is 3. The third kappa shape index (κ3) is 4.30. The summed E-state index contributed by atoms with van der Waals surface area (Å²) < 4.78 is 5.11. The van der Waals surface area contributed by atoms with Crippen molar-refractivity contribution in [3.63, 3.8) is 0 Å². The van der Waals surface area contributed by atoms with Gasteiger partial charge in [-0.1, -0.05) is 30.3 Å². The molecule has 0 aliphatic carbocycles. The second-order valence-corrected chi connectivity index (χ2v) is 5.34. The van der Waals surface area contributed by atoms with Crippen LogP contribution in [0.3, 0.4) is 0 Å². The smallest absolute Gasteiger partial charge is 0.0805 e. The van der Waals surface area contributed by atoms with Gasteiger partial charge >= 0.3 is 0 Å². The lowest BCUT2D eigenvalue weighted by Crippen LogP contribution is -2.32. The highest BCUT2D eigenvalue weighted by Crippen LogP contribution is 2.27. The molecule has 0 radical (unpaired) electrons. The number of nitrogens with zero attached hydrogens (tertiary/aromatic N) is 1. The molecule has 2 rings (SSSR count). The molecule has 19 heavy (non-hydrogen) atoms. The second-order valence-electron chi connectivity index (χ2n) is 5.34. The molecule has 0 saturated carbocycles. The van der Waals surface area contributed by atoms with Crippen LogP contribution in [0.1, 0.15) is 37.4 Å². The first-order valence-corrected chi connectivity index (χ1v) is 7.27. The van der Waals surface area contributed by atoms with Gasteiger partial charge in [0.1, 0.15) is 0 Å². The molecule has 1 aliphatic rings. The normalized spacial score (nSPS) is 21.7. The number of methoxy groups -OCH3 is 1. The quantitative estimate of drug-likeness (QED) is 0.768. The van der Waals surface area contributed by atoms with Gasteiger partial charge in [0.25, 0.3) is 0 Å². The fraction of sp³-hybridized carbons (Fsp3) is 0.625. The summed E-state index contributed by atoms with van der Waals surface area (Å²) in [5.74, 6) is 0. The summed E-state index contributed by atoms with van der Waals surface area (Å²) in [7, 11) is 1.75. The third-order valence-corrected chi connectivity index (χ3v) is 3.97. The molecule has 1 saturated heterocycles. The van der Waals surface area contributed by atoms with Crippen molar-refractivity contribution >= 4 is 0 Å². The maximum Gasteiger partial charge on any atom is 0.0805 e. The van der Waals surface area contributed by atoms with Gasteiger partial charge in [-0.2, -0.15) is 0 Å². The molecule has 1 heterocycles. The fourth-order valence-electron chi connectivity index (χ4n) is 2.94.